The van der Waals surface area contributed by atoms with Crippen molar-refractivity contribution < 1.29 is 9.90 Å². The molecule has 2 unspecified atom stereocenters. The van der Waals surface area contributed by atoms with Crippen molar-refractivity contribution in [2.45, 2.75) is 24.9 Å². The SMILES string of the molecule is CN1CCC(C(C(N)C(=O)O)N(C)C)CC1. The average molecular weight is 229 g/mol. The number of hydrogen-bond acceptors (Lipinski definition) is 4. The summed E-state index contributed by atoms with van der Waals surface area (Å²) in [7, 11) is 5.91. The molecule has 3 N–H and O–H groups in total. The smallest absolute Gasteiger partial charge is 0.322 e. The monoisotopic (exact) mass is 229 g/mol. The first-order chi connectivity index (χ1) is 7.43. The van der Waals surface area contributed by atoms with Crippen LogP contribution in [-0.4, -0.2) is 67.2 Å². The Morgan fingerprint density at radius 1 is 1.44 bits per heavy atom. The Balaban J connectivity index is 2.67. The van der Waals surface area contributed by atoms with E-state index < -0.39 is 12.0 Å². The van der Waals surface area contributed by atoms with Gasteiger partial charge in [-0.25, -0.2) is 0 Å². The number of aliphatic carboxylic acids is 1. The maximum Gasteiger partial charge on any atom is 0.322 e. The Labute approximate surface area is 97.2 Å². The quantitative estimate of drug-likeness (QED) is 0.691. The molecule has 0 amide bonds. The first kappa shape index (κ1) is 13.4. The van der Waals surface area contributed by atoms with Crippen molar-refractivity contribution in [2.24, 2.45) is 11.7 Å². The molecule has 0 aromatic heterocycles. The fourth-order valence-electron chi connectivity index (χ4n) is 2.55. The van der Waals surface area contributed by atoms with Crippen molar-refractivity contribution in [3.8, 4) is 0 Å². The van der Waals surface area contributed by atoms with E-state index in [4.69, 9.17) is 10.8 Å². The van der Waals surface area contributed by atoms with Crippen LogP contribution in [0.15, 0.2) is 0 Å². The third kappa shape index (κ3) is 3.17. The van der Waals surface area contributed by atoms with Crippen LogP contribution in [0.25, 0.3) is 0 Å². The number of hydrogen-bond donors (Lipinski definition) is 2. The molecule has 2 atom stereocenters. The maximum absolute atomic E-state index is 11.0. The predicted molar refractivity (Wildman–Crippen MR) is 63.3 cm³/mol. The average Bonchev–Trinajstić information content (AvgIpc) is 2.20. The zero-order valence-corrected chi connectivity index (χ0v) is 10.4. The lowest BCUT2D eigenvalue weighted by Crippen LogP contribution is -2.54. The van der Waals surface area contributed by atoms with Crippen molar-refractivity contribution in [3.05, 3.63) is 0 Å². The van der Waals surface area contributed by atoms with E-state index in [0.29, 0.717) is 5.92 Å². The zero-order valence-electron chi connectivity index (χ0n) is 10.4. The van der Waals surface area contributed by atoms with Crippen LogP contribution >= 0.6 is 0 Å². The van der Waals surface area contributed by atoms with Gasteiger partial charge in [-0.15, -0.1) is 0 Å². The molecule has 0 bridgehead atoms. The van der Waals surface area contributed by atoms with Gasteiger partial charge in [0.1, 0.15) is 6.04 Å². The molecule has 94 valence electrons. The van der Waals surface area contributed by atoms with Crippen molar-refractivity contribution in [2.75, 3.05) is 34.2 Å². The van der Waals surface area contributed by atoms with Gasteiger partial charge in [-0.3, -0.25) is 4.79 Å². The van der Waals surface area contributed by atoms with Crippen molar-refractivity contribution >= 4 is 5.97 Å². The summed E-state index contributed by atoms with van der Waals surface area (Å²) in [6, 6.07) is -0.852. The van der Waals surface area contributed by atoms with Gasteiger partial charge in [-0.1, -0.05) is 0 Å². The highest BCUT2D eigenvalue weighted by molar-refractivity contribution is 5.74. The third-order valence-electron chi connectivity index (χ3n) is 3.50. The maximum atomic E-state index is 11.0. The Morgan fingerprint density at radius 3 is 2.31 bits per heavy atom. The lowest BCUT2D eigenvalue weighted by atomic mass is 9.85. The second-order valence-electron chi connectivity index (χ2n) is 4.96. The molecule has 1 aliphatic rings. The molecule has 1 fully saturated rings. The topological polar surface area (TPSA) is 69.8 Å². The molecule has 1 rings (SSSR count). The summed E-state index contributed by atoms with van der Waals surface area (Å²) >= 11 is 0. The zero-order chi connectivity index (χ0) is 12.3. The third-order valence-corrected chi connectivity index (χ3v) is 3.50. The van der Waals surface area contributed by atoms with Gasteiger partial charge < -0.3 is 20.6 Å². The van der Waals surface area contributed by atoms with E-state index >= 15 is 0 Å². The van der Waals surface area contributed by atoms with E-state index in [1.165, 1.54) is 0 Å². The molecular weight excluding hydrogens is 206 g/mol. The van der Waals surface area contributed by atoms with Gasteiger partial charge in [0, 0.05) is 6.04 Å². The summed E-state index contributed by atoms with van der Waals surface area (Å²) in [4.78, 5) is 15.2. The van der Waals surface area contributed by atoms with Crippen LogP contribution < -0.4 is 5.73 Å². The molecule has 0 aromatic carbocycles. The lowest BCUT2D eigenvalue weighted by molar-refractivity contribution is -0.140. The first-order valence-electron chi connectivity index (χ1n) is 5.77. The molecule has 0 aliphatic carbocycles. The van der Waals surface area contributed by atoms with Crippen LogP contribution in [0.3, 0.4) is 0 Å². The fraction of sp³-hybridized carbons (Fsp3) is 0.909. The van der Waals surface area contributed by atoms with Gasteiger partial charge in [0.15, 0.2) is 0 Å². The minimum Gasteiger partial charge on any atom is -0.480 e. The molecule has 16 heavy (non-hydrogen) atoms. The number of rotatable bonds is 4. The van der Waals surface area contributed by atoms with Gasteiger partial charge >= 0.3 is 5.97 Å². The predicted octanol–water partition coefficient (Wildman–Crippen LogP) is -0.330. The number of likely N-dealkylation sites (N-methyl/N-ethyl adjacent to an activating group) is 1. The number of nitrogens with two attached hydrogens (primary N) is 1. The normalized spacial score (nSPS) is 23.3. The Hall–Kier alpha value is -0.650. The second kappa shape index (κ2) is 5.61. The molecule has 5 nitrogen and oxygen atoms in total. The van der Waals surface area contributed by atoms with Crippen LogP contribution in [0.5, 0.6) is 0 Å². The summed E-state index contributed by atoms with van der Waals surface area (Å²) < 4.78 is 0. The molecule has 1 heterocycles. The van der Waals surface area contributed by atoms with Crippen LogP contribution in [0.4, 0.5) is 0 Å². The molecule has 0 aromatic rings. The number of nitrogens with zero attached hydrogens (tertiary/aromatic N) is 2. The van der Waals surface area contributed by atoms with Crippen LogP contribution in [0, 0.1) is 5.92 Å². The molecule has 0 saturated carbocycles. The number of carbonyl (C=O) groups is 1. The van der Waals surface area contributed by atoms with Gasteiger partial charge in [0.25, 0.3) is 0 Å². The van der Waals surface area contributed by atoms with Crippen molar-refractivity contribution in [1.82, 2.24) is 9.80 Å². The highest BCUT2D eigenvalue weighted by atomic mass is 16.4. The van der Waals surface area contributed by atoms with Crippen LogP contribution in [-0.2, 0) is 4.79 Å². The Morgan fingerprint density at radius 2 is 1.94 bits per heavy atom. The summed E-state index contributed by atoms with van der Waals surface area (Å²) in [6.45, 7) is 2.06. The summed E-state index contributed by atoms with van der Waals surface area (Å²) in [6.07, 6.45) is 2.06. The number of carboxylic acids is 1. The van der Waals surface area contributed by atoms with E-state index in [1.807, 2.05) is 19.0 Å². The second-order valence-corrected chi connectivity index (χ2v) is 4.96. The Kier molecular flexibility index (Phi) is 4.70. The molecule has 5 heteroatoms. The van der Waals surface area contributed by atoms with Gasteiger partial charge in [-0.2, -0.15) is 0 Å². The molecule has 1 aliphatic heterocycles. The highest BCUT2D eigenvalue weighted by Crippen LogP contribution is 2.24. The molecular formula is C11H23N3O2. The number of carboxylic acid groups (broad SMARTS) is 1. The first-order valence-corrected chi connectivity index (χ1v) is 5.77. The van der Waals surface area contributed by atoms with E-state index in [9.17, 15) is 4.79 Å². The number of piperidine rings is 1. The standard InChI is InChI=1S/C11H23N3O2/c1-13(2)10(9(12)11(15)16)8-4-6-14(3)7-5-8/h8-10H,4-7,12H2,1-3H3,(H,15,16). The molecule has 1 saturated heterocycles. The van der Waals surface area contributed by atoms with Crippen LogP contribution in [0.2, 0.25) is 0 Å². The van der Waals surface area contributed by atoms with E-state index in [2.05, 4.69) is 11.9 Å². The van der Waals surface area contributed by atoms with Crippen LogP contribution in [0.1, 0.15) is 12.8 Å². The molecule has 0 spiro atoms. The number of likely N-dealkylation sites (tertiary alicyclic amines) is 1. The summed E-state index contributed by atoms with van der Waals surface area (Å²) in [5.41, 5.74) is 5.77. The van der Waals surface area contributed by atoms with Crippen molar-refractivity contribution in [3.63, 3.8) is 0 Å². The van der Waals surface area contributed by atoms with Gasteiger partial charge in [0.2, 0.25) is 0 Å². The highest BCUT2D eigenvalue weighted by Gasteiger charge is 2.34. The minimum atomic E-state index is -0.905. The van der Waals surface area contributed by atoms with E-state index in [1.54, 1.807) is 0 Å². The largest absolute Gasteiger partial charge is 0.480 e. The van der Waals surface area contributed by atoms with Crippen molar-refractivity contribution in [1.29, 1.82) is 0 Å². The molecule has 0 radical (unpaired) electrons. The fourth-order valence-corrected chi connectivity index (χ4v) is 2.55. The van der Waals surface area contributed by atoms with Gasteiger partial charge in [0.05, 0.1) is 0 Å². The van der Waals surface area contributed by atoms with E-state index in [-0.39, 0.29) is 6.04 Å². The minimum absolute atomic E-state index is 0.0637. The van der Waals surface area contributed by atoms with E-state index in [0.717, 1.165) is 25.9 Å². The lowest BCUT2D eigenvalue weighted by Gasteiger charge is -2.39. The Bertz CT molecular complexity index is 237. The summed E-state index contributed by atoms with van der Waals surface area (Å²) in [5, 5.41) is 9.02. The van der Waals surface area contributed by atoms with Gasteiger partial charge in [-0.05, 0) is 53.0 Å². The summed E-state index contributed by atoms with van der Waals surface area (Å²) in [5.74, 6) is -0.519.